The van der Waals surface area contributed by atoms with E-state index >= 15 is 0 Å². The van der Waals surface area contributed by atoms with Gasteiger partial charge in [-0.05, 0) is 72.3 Å². The predicted octanol–water partition coefficient (Wildman–Crippen LogP) is 4.06. The summed E-state index contributed by atoms with van der Waals surface area (Å²) in [6, 6.07) is 11.1. The van der Waals surface area contributed by atoms with E-state index in [1.54, 1.807) is 29.5 Å². The maximum absolute atomic E-state index is 13.9. The zero-order chi connectivity index (χ0) is 28.6. The first-order valence-corrected chi connectivity index (χ1v) is 14.5. The Hall–Kier alpha value is -4.10. The highest BCUT2D eigenvalue weighted by molar-refractivity contribution is 7.91. The first-order valence-electron chi connectivity index (χ1n) is 12.3. The molecule has 1 atom stereocenters. The van der Waals surface area contributed by atoms with Gasteiger partial charge in [0.2, 0.25) is 5.91 Å². The topological polar surface area (TPSA) is 112 Å². The van der Waals surface area contributed by atoms with Crippen molar-refractivity contribution in [3.63, 3.8) is 0 Å². The molecule has 1 aliphatic rings. The maximum atomic E-state index is 13.9. The molecular weight excluding hydrogens is 560 g/mol. The number of aryl methyl sites for hydroxylation is 1. The highest BCUT2D eigenvalue weighted by Crippen LogP contribution is 2.29. The number of fused-ring (bicyclic) bond motifs is 2. The Kier molecular flexibility index (Phi) is 7.43. The molecule has 0 fully saturated rings. The summed E-state index contributed by atoms with van der Waals surface area (Å²) in [4.78, 5) is 33.1. The third-order valence-corrected chi connectivity index (χ3v) is 8.92. The van der Waals surface area contributed by atoms with E-state index in [1.165, 1.54) is 18.1 Å². The highest BCUT2D eigenvalue weighted by Gasteiger charge is 2.33. The molecule has 0 spiro atoms. The minimum Gasteiger partial charge on any atom is -0.325 e. The van der Waals surface area contributed by atoms with Crippen LogP contribution in [0, 0.1) is 18.6 Å². The summed E-state index contributed by atoms with van der Waals surface area (Å²) in [5.41, 5.74) is 1.35. The monoisotopic (exact) mass is 585 g/mol. The van der Waals surface area contributed by atoms with Gasteiger partial charge < -0.3 is 10.2 Å². The number of halogens is 2. The Morgan fingerprint density at radius 3 is 2.62 bits per heavy atom. The van der Waals surface area contributed by atoms with Crippen LogP contribution in [-0.2, 0) is 27.8 Å². The van der Waals surface area contributed by atoms with Crippen LogP contribution in [0.4, 0.5) is 25.1 Å². The number of amides is 3. The number of carbonyl (C=O) groups is 2. The van der Waals surface area contributed by atoms with E-state index in [1.807, 2.05) is 29.8 Å². The lowest BCUT2D eigenvalue weighted by Crippen LogP contribution is -2.54. The average molecular weight is 586 g/mol. The number of nitrogens with zero attached hydrogens (tertiary/aromatic N) is 3. The molecule has 3 amide bonds. The molecule has 0 radical (unpaired) electrons. The van der Waals surface area contributed by atoms with Crippen molar-refractivity contribution in [3.8, 4) is 0 Å². The lowest BCUT2D eigenvalue weighted by Gasteiger charge is -2.26. The fourth-order valence-electron chi connectivity index (χ4n) is 4.67. The van der Waals surface area contributed by atoms with Crippen LogP contribution in [0.15, 0.2) is 60.8 Å². The summed E-state index contributed by atoms with van der Waals surface area (Å²) in [5, 5.41) is 3.32. The van der Waals surface area contributed by atoms with Gasteiger partial charge in [0.25, 0.3) is 0 Å². The van der Waals surface area contributed by atoms with Gasteiger partial charge in [-0.1, -0.05) is 6.07 Å². The molecule has 0 unspecified atom stereocenters. The number of urea groups is 1. The quantitative estimate of drug-likeness (QED) is 0.340. The molecule has 5 rings (SSSR count). The number of carbonyl (C=O) groups excluding carboxylic acids is 2. The molecular formula is C27H25F2N5O4S2. The highest BCUT2D eigenvalue weighted by atomic mass is 32.2. The second kappa shape index (κ2) is 10.8. The van der Waals surface area contributed by atoms with E-state index in [-0.39, 0.29) is 24.3 Å². The molecule has 2 aromatic carbocycles. The van der Waals surface area contributed by atoms with Crippen LogP contribution < -0.4 is 19.2 Å². The number of nitrogens with one attached hydrogen (secondary N) is 2. The second-order valence-corrected chi connectivity index (χ2v) is 12.3. The van der Waals surface area contributed by atoms with Gasteiger partial charge in [-0.25, -0.2) is 27.6 Å². The smallest absolute Gasteiger partial charge is 0.325 e. The van der Waals surface area contributed by atoms with Crippen molar-refractivity contribution in [2.75, 3.05) is 22.8 Å². The Bertz CT molecular complexity index is 1710. The number of benzene rings is 2. The fourth-order valence-corrected chi connectivity index (χ4v) is 6.70. The standard InChI is InChI=1S/C27H25F2N5O4S2/c1-16-10-19-14-22(5-6-24(19)39-16)33(2)26(35)23(13-17-11-20(28)15-21(29)12-17)31-27(36)32-40(37,38)34-9-7-18-4-3-8-30-25(18)34/h3-6,8,10-12,14-15,23H,7,9,13H2,1-2H3,(H2,31,32,36)/t23-/m0/s1. The van der Waals surface area contributed by atoms with Gasteiger partial charge in [-0.3, -0.25) is 4.79 Å². The summed E-state index contributed by atoms with van der Waals surface area (Å²) in [6.07, 6.45) is 1.58. The Morgan fingerprint density at radius 2 is 1.88 bits per heavy atom. The van der Waals surface area contributed by atoms with Crippen molar-refractivity contribution >= 4 is 55.1 Å². The lowest BCUT2D eigenvalue weighted by atomic mass is 10.0. The fraction of sp³-hybridized carbons (Fsp3) is 0.222. The van der Waals surface area contributed by atoms with Crippen LogP contribution in [0.3, 0.4) is 0 Å². The van der Waals surface area contributed by atoms with Crippen LogP contribution in [0.25, 0.3) is 10.1 Å². The molecule has 208 valence electrons. The zero-order valence-electron chi connectivity index (χ0n) is 21.5. The van der Waals surface area contributed by atoms with E-state index in [9.17, 15) is 26.8 Å². The van der Waals surface area contributed by atoms with Gasteiger partial charge in [0.1, 0.15) is 23.5 Å². The summed E-state index contributed by atoms with van der Waals surface area (Å²) in [5.74, 6) is -2.10. The Balaban J connectivity index is 1.39. The maximum Gasteiger partial charge on any atom is 0.330 e. The first-order chi connectivity index (χ1) is 19.0. The van der Waals surface area contributed by atoms with Crippen LogP contribution in [0.1, 0.15) is 16.0 Å². The molecule has 3 heterocycles. The molecule has 0 bridgehead atoms. The van der Waals surface area contributed by atoms with E-state index in [0.717, 1.165) is 31.4 Å². The number of likely N-dealkylation sites (N-methyl/N-ethyl adjacent to an activating group) is 1. The number of hydrogen-bond donors (Lipinski definition) is 2. The third-order valence-electron chi connectivity index (χ3n) is 6.51. The summed E-state index contributed by atoms with van der Waals surface area (Å²) in [6.45, 7) is 2.06. The number of pyridine rings is 1. The number of hydrogen-bond acceptors (Lipinski definition) is 6. The SMILES string of the molecule is Cc1cc2cc(N(C)C(=O)[C@H](Cc3cc(F)cc(F)c3)NC(=O)NS(=O)(=O)N3CCc4cccnc43)ccc2s1. The van der Waals surface area contributed by atoms with Crippen molar-refractivity contribution < 1.29 is 26.8 Å². The van der Waals surface area contributed by atoms with Crippen LogP contribution >= 0.6 is 11.3 Å². The molecule has 1 aliphatic heterocycles. The van der Waals surface area contributed by atoms with E-state index in [4.69, 9.17) is 0 Å². The number of rotatable bonds is 7. The Morgan fingerprint density at radius 1 is 1.12 bits per heavy atom. The summed E-state index contributed by atoms with van der Waals surface area (Å²) in [7, 11) is -2.85. The van der Waals surface area contributed by atoms with Crippen molar-refractivity contribution in [2.24, 2.45) is 0 Å². The van der Waals surface area contributed by atoms with E-state index in [2.05, 4.69) is 10.3 Å². The number of thiophene rings is 1. The Labute approximate surface area is 233 Å². The van der Waals surface area contributed by atoms with Gasteiger partial charge in [0.15, 0.2) is 0 Å². The minimum atomic E-state index is -4.36. The molecule has 0 aliphatic carbocycles. The van der Waals surface area contributed by atoms with Gasteiger partial charge in [-0.2, -0.15) is 8.42 Å². The molecule has 2 N–H and O–H groups in total. The number of aromatic nitrogens is 1. The van der Waals surface area contributed by atoms with Crippen molar-refractivity contribution in [1.29, 1.82) is 0 Å². The first kappa shape index (κ1) is 27.5. The second-order valence-electron chi connectivity index (χ2n) is 9.40. The molecule has 2 aromatic heterocycles. The van der Waals surface area contributed by atoms with E-state index < -0.39 is 39.8 Å². The van der Waals surface area contributed by atoms with Crippen LogP contribution in [0.5, 0.6) is 0 Å². The minimum absolute atomic E-state index is 0.0904. The third kappa shape index (κ3) is 5.75. The zero-order valence-corrected chi connectivity index (χ0v) is 23.2. The molecule has 40 heavy (non-hydrogen) atoms. The van der Waals surface area contributed by atoms with Gasteiger partial charge in [-0.15, -0.1) is 11.3 Å². The normalized spacial score (nSPS) is 13.7. The average Bonchev–Trinajstić information content (AvgIpc) is 3.49. The van der Waals surface area contributed by atoms with Crippen LogP contribution in [-0.4, -0.2) is 45.0 Å². The van der Waals surface area contributed by atoms with Gasteiger partial charge >= 0.3 is 16.2 Å². The largest absolute Gasteiger partial charge is 0.330 e. The molecule has 4 aromatic rings. The van der Waals surface area contributed by atoms with E-state index in [0.29, 0.717) is 23.7 Å². The van der Waals surface area contributed by atoms with Crippen molar-refractivity contribution in [3.05, 3.63) is 88.4 Å². The molecule has 0 saturated heterocycles. The van der Waals surface area contributed by atoms with Gasteiger partial charge in [0.05, 0.1) is 0 Å². The molecule has 9 nitrogen and oxygen atoms in total. The van der Waals surface area contributed by atoms with Crippen molar-refractivity contribution in [1.82, 2.24) is 15.0 Å². The summed E-state index contributed by atoms with van der Waals surface area (Å²) >= 11 is 1.61. The lowest BCUT2D eigenvalue weighted by molar-refractivity contribution is -0.120. The predicted molar refractivity (Wildman–Crippen MR) is 150 cm³/mol. The van der Waals surface area contributed by atoms with Gasteiger partial charge in [0, 0.05) is 47.5 Å². The van der Waals surface area contributed by atoms with Crippen LogP contribution in [0.2, 0.25) is 0 Å². The molecule has 13 heteroatoms. The summed E-state index contributed by atoms with van der Waals surface area (Å²) < 4.78 is 57.8. The molecule has 0 saturated carbocycles. The van der Waals surface area contributed by atoms with Crippen molar-refractivity contribution in [2.45, 2.75) is 25.8 Å². The number of anilines is 2.